The Labute approximate surface area is 209 Å². The van der Waals surface area contributed by atoms with E-state index >= 15 is 0 Å². The first-order valence-corrected chi connectivity index (χ1v) is 12.3. The number of hydrogen-bond donors (Lipinski definition) is 2. The Hall–Kier alpha value is -2.05. The van der Waals surface area contributed by atoms with E-state index in [-0.39, 0.29) is 5.91 Å². The highest BCUT2D eigenvalue weighted by molar-refractivity contribution is 6.35. The second kappa shape index (κ2) is 10.5. The number of rotatable bonds is 6. The van der Waals surface area contributed by atoms with Crippen LogP contribution in [-0.4, -0.2) is 28.8 Å². The van der Waals surface area contributed by atoms with Crippen molar-refractivity contribution in [3.8, 4) is 16.9 Å². The zero-order chi connectivity index (χ0) is 23.5. The van der Waals surface area contributed by atoms with E-state index in [0.717, 1.165) is 49.0 Å². The molecule has 1 saturated carbocycles. The van der Waals surface area contributed by atoms with Gasteiger partial charge >= 0.3 is 0 Å². The average Bonchev–Trinajstić information content (AvgIpc) is 3.15. The Bertz CT molecular complexity index is 1140. The third kappa shape index (κ3) is 5.38. The molecular weight excluding hydrogens is 479 g/mol. The molecule has 2 aromatic carbocycles. The van der Waals surface area contributed by atoms with Crippen molar-refractivity contribution in [2.45, 2.75) is 32.6 Å². The van der Waals surface area contributed by atoms with Crippen LogP contribution in [0.3, 0.4) is 0 Å². The second-order valence-electron chi connectivity index (χ2n) is 8.67. The number of nitrogens with two attached hydrogens (primary N) is 1. The first-order chi connectivity index (χ1) is 15.9. The van der Waals surface area contributed by atoms with Gasteiger partial charge in [0.05, 0.1) is 16.4 Å². The van der Waals surface area contributed by atoms with Gasteiger partial charge in [-0.1, -0.05) is 46.9 Å². The monoisotopic (exact) mass is 504 g/mol. The van der Waals surface area contributed by atoms with E-state index in [1.165, 1.54) is 0 Å². The van der Waals surface area contributed by atoms with E-state index in [1.54, 1.807) is 22.9 Å². The lowest BCUT2D eigenvalue weighted by Crippen LogP contribution is -2.32. The maximum absolute atomic E-state index is 13.2. The van der Waals surface area contributed by atoms with Gasteiger partial charge < -0.3 is 11.1 Å². The topological polar surface area (TPSA) is 72.9 Å². The predicted molar refractivity (Wildman–Crippen MR) is 136 cm³/mol. The third-order valence-electron chi connectivity index (χ3n) is 6.44. The van der Waals surface area contributed by atoms with Crippen LogP contribution in [0.1, 0.15) is 41.7 Å². The third-order valence-corrected chi connectivity index (χ3v) is 7.23. The molecule has 1 aliphatic rings. The number of hydrogen-bond acceptors (Lipinski definition) is 3. The molecule has 0 atom stereocenters. The van der Waals surface area contributed by atoms with Gasteiger partial charge in [-0.3, -0.25) is 4.79 Å². The molecule has 3 N–H and O–H groups in total. The number of carbonyl (C=O) groups is 1. The molecule has 1 aliphatic carbocycles. The summed E-state index contributed by atoms with van der Waals surface area (Å²) in [5.41, 5.74) is 9.26. The van der Waals surface area contributed by atoms with Gasteiger partial charge in [0.25, 0.3) is 5.91 Å². The summed E-state index contributed by atoms with van der Waals surface area (Å²) in [5, 5.41) is 9.40. The minimum atomic E-state index is -0.188. The van der Waals surface area contributed by atoms with E-state index < -0.39 is 0 Å². The first kappa shape index (κ1) is 24.1. The van der Waals surface area contributed by atoms with Crippen LogP contribution in [0.4, 0.5) is 0 Å². The van der Waals surface area contributed by atoms with Crippen LogP contribution >= 0.6 is 34.8 Å². The van der Waals surface area contributed by atoms with Crippen molar-refractivity contribution >= 4 is 40.7 Å². The smallest absolute Gasteiger partial charge is 0.272 e. The second-order valence-corrected chi connectivity index (χ2v) is 9.95. The van der Waals surface area contributed by atoms with Crippen LogP contribution in [0.2, 0.25) is 15.1 Å². The molecule has 1 fully saturated rings. The summed E-state index contributed by atoms with van der Waals surface area (Å²) in [4.78, 5) is 13.2. The zero-order valence-corrected chi connectivity index (χ0v) is 20.7. The number of aromatic nitrogens is 2. The van der Waals surface area contributed by atoms with Crippen molar-refractivity contribution in [3.63, 3.8) is 0 Å². The van der Waals surface area contributed by atoms with Crippen molar-refractivity contribution in [2.75, 3.05) is 13.1 Å². The van der Waals surface area contributed by atoms with Gasteiger partial charge in [0.2, 0.25) is 0 Å². The summed E-state index contributed by atoms with van der Waals surface area (Å²) >= 11 is 18.7. The number of nitrogens with one attached hydrogen (secondary N) is 1. The largest absolute Gasteiger partial charge is 0.350 e. The summed E-state index contributed by atoms with van der Waals surface area (Å²) in [6, 6.07) is 12.7. The van der Waals surface area contributed by atoms with Gasteiger partial charge in [0, 0.05) is 27.7 Å². The van der Waals surface area contributed by atoms with E-state index in [0.29, 0.717) is 44.8 Å². The van der Waals surface area contributed by atoms with Crippen molar-refractivity contribution in [3.05, 3.63) is 68.8 Å². The fraction of sp³-hybridized carbons (Fsp3) is 0.360. The molecule has 0 saturated heterocycles. The number of carbonyl (C=O) groups excluding carboxylic acids is 1. The molecule has 33 heavy (non-hydrogen) atoms. The van der Waals surface area contributed by atoms with Gasteiger partial charge in [-0.25, -0.2) is 4.68 Å². The molecule has 0 bridgehead atoms. The number of halogens is 3. The molecule has 0 aliphatic heterocycles. The maximum atomic E-state index is 13.2. The number of nitrogens with zero attached hydrogens (tertiary/aromatic N) is 2. The molecule has 0 unspecified atom stereocenters. The number of benzene rings is 2. The zero-order valence-electron chi connectivity index (χ0n) is 18.5. The molecule has 174 valence electrons. The maximum Gasteiger partial charge on any atom is 0.272 e. The Morgan fingerprint density at radius 3 is 2.30 bits per heavy atom. The molecule has 3 aromatic rings. The van der Waals surface area contributed by atoms with Crippen LogP contribution in [0.25, 0.3) is 16.9 Å². The quantitative estimate of drug-likeness (QED) is 0.413. The highest BCUT2D eigenvalue weighted by atomic mass is 35.5. The van der Waals surface area contributed by atoms with Gasteiger partial charge in [-0.05, 0) is 81.3 Å². The van der Waals surface area contributed by atoms with Crippen molar-refractivity contribution in [1.82, 2.24) is 15.1 Å². The summed E-state index contributed by atoms with van der Waals surface area (Å²) in [6.45, 7) is 3.29. The highest BCUT2D eigenvalue weighted by Gasteiger charge is 2.25. The first-order valence-electron chi connectivity index (χ1n) is 11.2. The summed E-state index contributed by atoms with van der Waals surface area (Å²) in [5.74, 6) is 0.897. The SMILES string of the molecule is Cc1c(C(=O)NCC2CCC(CN)CC2)nn(-c2ccc(Cl)cc2Cl)c1-c1ccc(Cl)cc1. The fourth-order valence-electron chi connectivity index (χ4n) is 4.48. The lowest BCUT2D eigenvalue weighted by molar-refractivity contribution is 0.0935. The van der Waals surface area contributed by atoms with Gasteiger partial charge in [0.15, 0.2) is 5.69 Å². The van der Waals surface area contributed by atoms with Gasteiger partial charge in [0.1, 0.15) is 0 Å². The Balaban J connectivity index is 1.64. The molecule has 1 amide bonds. The molecule has 1 heterocycles. The van der Waals surface area contributed by atoms with Crippen molar-refractivity contribution in [2.24, 2.45) is 17.6 Å². The molecule has 0 radical (unpaired) electrons. The molecule has 0 spiro atoms. The van der Waals surface area contributed by atoms with E-state index in [4.69, 9.17) is 40.5 Å². The minimum absolute atomic E-state index is 0.188. The molecule has 8 heteroatoms. The van der Waals surface area contributed by atoms with Crippen LogP contribution in [0, 0.1) is 18.8 Å². The predicted octanol–water partition coefficient (Wildman–Crippen LogP) is 6.30. The normalized spacial score (nSPS) is 18.3. The summed E-state index contributed by atoms with van der Waals surface area (Å²) in [6.07, 6.45) is 4.43. The Morgan fingerprint density at radius 2 is 1.67 bits per heavy atom. The Kier molecular flexibility index (Phi) is 7.65. The van der Waals surface area contributed by atoms with E-state index in [1.807, 2.05) is 31.2 Å². The highest BCUT2D eigenvalue weighted by Crippen LogP contribution is 2.33. The standard InChI is InChI=1S/C25H27Cl3N4O/c1-15-23(25(33)30-14-17-4-2-16(13-29)3-5-17)31-32(22-11-10-20(27)12-21(22)28)24(15)18-6-8-19(26)9-7-18/h6-12,16-17H,2-5,13-14,29H2,1H3,(H,30,33). The van der Waals surface area contributed by atoms with Crippen LogP contribution in [-0.2, 0) is 0 Å². The fourth-order valence-corrected chi connectivity index (χ4v) is 5.09. The van der Waals surface area contributed by atoms with Crippen molar-refractivity contribution in [1.29, 1.82) is 0 Å². The summed E-state index contributed by atoms with van der Waals surface area (Å²) in [7, 11) is 0. The lowest BCUT2D eigenvalue weighted by atomic mass is 9.82. The lowest BCUT2D eigenvalue weighted by Gasteiger charge is -2.27. The van der Waals surface area contributed by atoms with Crippen LogP contribution < -0.4 is 11.1 Å². The molecule has 4 rings (SSSR count). The van der Waals surface area contributed by atoms with Crippen molar-refractivity contribution < 1.29 is 4.79 Å². The Morgan fingerprint density at radius 1 is 1.03 bits per heavy atom. The van der Waals surface area contributed by atoms with Gasteiger partial charge in [-0.15, -0.1) is 0 Å². The average molecular weight is 506 g/mol. The van der Waals surface area contributed by atoms with Crippen LogP contribution in [0.5, 0.6) is 0 Å². The van der Waals surface area contributed by atoms with E-state index in [2.05, 4.69) is 10.4 Å². The molecule has 5 nitrogen and oxygen atoms in total. The molecule has 1 aromatic heterocycles. The minimum Gasteiger partial charge on any atom is -0.350 e. The van der Waals surface area contributed by atoms with Crippen LogP contribution in [0.15, 0.2) is 42.5 Å². The number of amides is 1. The van der Waals surface area contributed by atoms with Gasteiger partial charge in [-0.2, -0.15) is 5.10 Å². The molecular formula is C25H27Cl3N4O. The van der Waals surface area contributed by atoms with E-state index in [9.17, 15) is 4.79 Å². The summed E-state index contributed by atoms with van der Waals surface area (Å²) < 4.78 is 1.71.